The van der Waals surface area contributed by atoms with Gasteiger partial charge in [-0.1, -0.05) is 18.2 Å². The fourth-order valence-electron chi connectivity index (χ4n) is 1.78. The van der Waals surface area contributed by atoms with E-state index in [1.54, 1.807) is 0 Å². The van der Waals surface area contributed by atoms with Crippen LogP contribution in [0.2, 0.25) is 0 Å². The Morgan fingerprint density at radius 1 is 1.50 bits per heavy atom. The van der Waals surface area contributed by atoms with Crippen LogP contribution in [0.4, 0.5) is 5.69 Å². The van der Waals surface area contributed by atoms with Gasteiger partial charge in [-0.3, -0.25) is 9.69 Å². The van der Waals surface area contributed by atoms with Crippen molar-refractivity contribution in [3.8, 4) is 0 Å². The molecular formula is C12H16N2O2. The van der Waals surface area contributed by atoms with Crippen LogP contribution < -0.4 is 5.32 Å². The molecule has 1 amide bonds. The molecule has 0 saturated carbocycles. The molecule has 1 aliphatic heterocycles. The van der Waals surface area contributed by atoms with E-state index in [-0.39, 0.29) is 12.0 Å². The van der Waals surface area contributed by atoms with Gasteiger partial charge < -0.3 is 10.4 Å². The van der Waals surface area contributed by atoms with Gasteiger partial charge in [0.25, 0.3) is 0 Å². The first kappa shape index (κ1) is 11.1. The number of amides is 1. The topological polar surface area (TPSA) is 52.6 Å². The van der Waals surface area contributed by atoms with Gasteiger partial charge >= 0.3 is 0 Å². The Hall–Kier alpha value is -1.39. The zero-order valence-corrected chi connectivity index (χ0v) is 9.31. The maximum Gasteiger partial charge on any atom is 0.238 e. The Morgan fingerprint density at radius 2 is 2.19 bits per heavy atom. The van der Waals surface area contributed by atoms with Crippen molar-refractivity contribution in [2.45, 2.75) is 13.0 Å². The van der Waals surface area contributed by atoms with Crippen LogP contribution in [0, 0.1) is 6.92 Å². The largest absolute Gasteiger partial charge is 0.390 e. The number of β-amino-alcohol motifs (C(OH)–C–C–N with tert-alkyl or cyclic N) is 1. The summed E-state index contributed by atoms with van der Waals surface area (Å²) in [5.41, 5.74) is 1.91. The van der Waals surface area contributed by atoms with E-state index in [2.05, 4.69) is 5.32 Å². The lowest BCUT2D eigenvalue weighted by Gasteiger charge is -2.35. The van der Waals surface area contributed by atoms with Crippen molar-refractivity contribution >= 4 is 11.6 Å². The molecule has 16 heavy (non-hydrogen) atoms. The van der Waals surface area contributed by atoms with Gasteiger partial charge in [-0.2, -0.15) is 0 Å². The van der Waals surface area contributed by atoms with E-state index >= 15 is 0 Å². The highest BCUT2D eigenvalue weighted by Crippen LogP contribution is 2.13. The fraction of sp³-hybridized carbons (Fsp3) is 0.417. The number of para-hydroxylation sites is 1. The molecule has 86 valence electrons. The average molecular weight is 220 g/mol. The van der Waals surface area contributed by atoms with E-state index in [9.17, 15) is 4.79 Å². The molecule has 1 aliphatic rings. The smallest absolute Gasteiger partial charge is 0.238 e. The van der Waals surface area contributed by atoms with Crippen molar-refractivity contribution in [1.29, 1.82) is 0 Å². The summed E-state index contributed by atoms with van der Waals surface area (Å²) in [6, 6.07) is 7.69. The Bertz CT molecular complexity index is 386. The number of aliphatic hydroxyl groups excluding tert-OH is 1. The van der Waals surface area contributed by atoms with Crippen molar-refractivity contribution in [3.05, 3.63) is 29.8 Å². The number of carbonyl (C=O) groups is 1. The van der Waals surface area contributed by atoms with E-state index in [0.29, 0.717) is 19.6 Å². The zero-order chi connectivity index (χ0) is 11.5. The molecule has 1 heterocycles. The van der Waals surface area contributed by atoms with Gasteiger partial charge in [-0.25, -0.2) is 0 Å². The summed E-state index contributed by atoms with van der Waals surface area (Å²) in [6.07, 6.45) is -0.258. The third kappa shape index (κ3) is 2.59. The molecule has 0 radical (unpaired) electrons. The first-order chi connectivity index (χ1) is 7.65. The van der Waals surface area contributed by atoms with Crippen molar-refractivity contribution in [2.75, 3.05) is 25.0 Å². The van der Waals surface area contributed by atoms with Gasteiger partial charge in [0.1, 0.15) is 0 Å². The highest BCUT2D eigenvalue weighted by molar-refractivity contribution is 5.92. The number of aryl methyl sites for hydroxylation is 1. The summed E-state index contributed by atoms with van der Waals surface area (Å²) >= 11 is 0. The molecule has 0 unspecified atom stereocenters. The van der Waals surface area contributed by atoms with Gasteiger partial charge in [-0.15, -0.1) is 0 Å². The molecule has 4 nitrogen and oxygen atoms in total. The van der Waals surface area contributed by atoms with Crippen LogP contribution in [0.1, 0.15) is 5.56 Å². The minimum atomic E-state index is -0.258. The second kappa shape index (κ2) is 4.63. The quantitative estimate of drug-likeness (QED) is 0.784. The molecule has 1 saturated heterocycles. The number of likely N-dealkylation sites (tertiary alicyclic amines) is 1. The summed E-state index contributed by atoms with van der Waals surface area (Å²) in [7, 11) is 0. The Kier molecular flexibility index (Phi) is 3.22. The molecule has 0 bridgehead atoms. The summed E-state index contributed by atoms with van der Waals surface area (Å²) in [4.78, 5) is 13.6. The lowest BCUT2D eigenvalue weighted by atomic mass is 10.1. The number of nitrogens with one attached hydrogen (secondary N) is 1. The van der Waals surface area contributed by atoms with Crippen LogP contribution >= 0.6 is 0 Å². The number of nitrogens with zero attached hydrogens (tertiary/aromatic N) is 1. The van der Waals surface area contributed by atoms with Crippen molar-refractivity contribution in [3.63, 3.8) is 0 Å². The highest BCUT2D eigenvalue weighted by Gasteiger charge is 2.25. The molecule has 1 fully saturated rings. The Morgan fingerprint density at radius 3 is 2.81 bits per heavy atom. The molecular weight excluding hydrogens is 204 g/mol. The van der Waals surface area contributed by atoms with Crippen LogP contribution in [0.3, 0.4) is 0 Å². The van der Waals surface area contributed by atoms with Crippen LogP contribution in [0.5, 0.6) is 0 Å². The minimum Gasteiger partial charge on any atom is -0.390 e. The second-order valence-corrected chi connectivity index (χ2v) is 4.21. The van der Waals surface area contributed by atoms with E-state index < -0.39 is 0 Å². The van der Waals surface area contributed by atoms with Crippen LogP contribution in [-0.4, -0.2) is 41.7 Å². The third-order valence-corrected chi connectivity index (χ3v) is 2.72. The average Bonchev–Trinajstić information content (AvgIpc) is 2.19. The van der Waals surface area contributed by atoms with Crippen LogP contribution in [0.25, 0.3) is 0 Å². The van der Waals surface area contributed by atoms with Gasteiger partial charge in [0.2, 0.25) is 5.91 Å². The van der Waals surface area contributed by atoms with Crippen molar-refractivity contribution < 1.29 is 9.90 Å². The minimum absolute atomic E-state index is 0.0267. The lowest BCUT2D eigenvalue weighted by molar-refractivity contribution is -0.119. The van der Waals surface area contributed by atoms with Crippen molar-refractivity contribution in [2.24, 2.45) is 0 Å². The number of hydrogen-bond donors (Lipinski definition) is 2. The van der Waals surface area contributed by atoms with Crippen LogP contribution in [0.15, 0.2) is 24.3 Å². The standard InChI is InChI=1S/C12H16N2O2/c1-9-4-2-3-5-11(9)13-12(16)8-14-6-10(15)7-14/h2-5,10,15H,6-8H2,1H3,(H,13,16). The first-order valence-electron chi connectivity index (χ1n) is 5.41. The molecule has 2 N–H and O–H groups in total. The van der Waals surface area contributed by atoms with E-state index in [1.807, 2.05) is 36.1 Å². The van der Waals surface area contributed by atoms with E-state index in [1.165, 1.54) is 0 Å². The fourth-order valence-corrected chi connectivity index (χ4v) is 1.78. The van der Waals surface area contributed by atoms with Gasteiger partial charge in [0, 0.05) is 18.8 Å². The molecule has 0 atom stereocenters. The number of anilines is 1. The number of hydrogen-bond acceptors (Lipinski definition) is 3. The molecule has 0 spiro atoms. The highest BCUT2D eigenvalue weighted by atomic mass is 16.3. The monoisotopic (exact) mass is 220 g/mol. The zero-order valence-electron chi connectivity index (χ0n) is 9.31. The number of aliphatic hydroxyl groups is 1. The normalized spacial score (nSPS) is 16.9. The summed E-state index contributed by atoms with van der Waals surface area (Å²) in [5, 5.41) is 12.0. The molecule has 1 aromatic rings. The Labute approximate surface area is 94.9 Å². The van der Waals surface area contributed by atoms with Crippen molar-refractivity contribution in [1.82, 2.24) is 4.90 Å². The predicted molar refractivity (Wildman–Crippen MR) is 62.3 cm³/mol. The molecule has 2 rings (SSSR count). The molecule has 1 aromatic carbocycles. The number of benzene rings is 1. The molecule has 4 heteroatoms. The van der Waals surface area contributed by atoms with Gasteiger partial charge in [0.15, 0.2) is 0 Å². The molecule has 0 aliphatic carbocycles. The first-order valence-corrected chi connectivity index (χ1v) is 5.41. The summed E-state index contributed by atoms with van der Waals surface area (Å²) < 4.78 is 0. The van der Waals surface area contributed by atoms with E-state index in [0.717, 1.165) is 11.3 Å². The summed E-state index contributed by atoms with van der Waals surface area (Å²) in [6.45, 7) is 3.51. The van der Waals surface area contributed by atoms with Gasteiger partial charge in [-0.05, 0) is 18.6 Å². The third-order valence-electron chi connectivity index (χ3n) is 2.72. The number of rotatable bonds is 3. The maximum atomic E-state index is 11.6. The summed E-state index contributed by atoms with van der Waals surface area (Å²) in [5.74, 6) is -0.0267. The van der Waals surface area contributed by atoms with Gasteiger partial charge in [0.05, 0.1) is 12.6 Å². The van der Waals surface area contributed by atoms with E-state index in [4.69, 9.17) is 5.11 Å². The lowest BCUT2D eigenvalue weighted by Crippen LogP contribution is -2.53. The predicted octanol–water partition coefficient (Wildman–Crippen LogP) is 0.610. The Balaban J connectivity index is 1.85. The maximum absolute atomic E-state index is 11.6. The second-order valence-electron chi connectivity index (χ2n) is 4.21. The van der Waals surface area contributed by atoms with Crippen LogP contribution in [-0.2, 0) is 4.79 Å². The molecule has 0 aromatic heterocycles. The SMILES string of the molecule is Cc1ccccc1NC(=O)CN1CC(O)C1. The number of carbonyl (C=O) groups excluding carboxylic acids is 1.